The molecule has 1 N–H and O–H groups in total. The maximum Gasteiger partial charge on any atom is 0.192 e. The van der Waals surface area contributed by atoms with Crippen LogP contribution in [0.15, 0.2) is 24.3 Å². The van der Waals surface area contributed by atoms with Crippen LogP contribution in [0.1, 0.15) is 0 Å². The van der Waals surface area contributed by atoms with Crippen LogP contribution >= 0.6 is 0 Å². The SMILES string of the molecule is Fc1cc2[c]cccc2[nH]1. The maximum absolute atomic E-state index is 12.4. The molecule has 1 aromatic heterocycles. The first-order valence-electron chi connectivity index (χ1n) is 3.01. The van der Waals surface area contributed by atoms with E-state index in [1.54, 1.807) is 6.07 Å². The summed E-state index contributed by atoms with van der Waals surface area (Å²) < 4.78 is 12.4. The molecule has 0 aliphatic carbocycles. The first-order valence-corrected chi connectivity index (χ1v) is 3.01. The van der Waals surface area contributed by atoms with Crippen molar-refractivity contribution in [3.8, 4) is 0 Å². The number of fused-ring (bicyclic) bond motifs is 1. The van der Waals surface area contributed by atoms with E-state index < -0.39 is 0 Å². The quantitative estimate of drug-likeness (QED) is 0.568. The number of hydrogen-bond acceptors (Lipinski definition) is 0. The largest absolute Gasteiger partial charge is 0.331 e. The molecule has 2 rings (SSSR count). The minimum atomic E-state index is -0.308. The van der Waals surface area contributed by atoms with Crippen LogP contribution in [0.3, 0.4) is 0 Å². The molecule has 0 atom stereocenters. The molecule has 0 unspecified atom stereocenters. The summed E-state index contributed by atoms with van der Waals surface area (Å²) >= 11 is 0. The molecule has 49 valence electrons. The topological polar surface area (TPSA) is 15.8 Å². The zero-order valence-corrected chi connectivity index (χ0v) is 5.19. The van der Waals surface area contributed by atoms with E-state index in [9.17, 15) is 4.39 Å². The van der Waals surface area contributed by atoms with E-state index >= 15 is 0 Å². The Hall–Kier alpha value is -1.31. The summed E-state index contributed by atoms with van der Waals surface area (Å²) in [5.74, 6) is -0.308. The Bertz CT molecular complexity index is 318. The van der Waals surface area contributed by atoms with E-state index in [4.69, 9.17) is 0 Å². The van der Waals surface area contributed by atoms with Gasteiger partial charge in [-0.2, -0.15) is 4.39 Å². The van der Waals surface area contributed by atoms with Crippen LogP contribution in [0.25, 0.3) is 10.9 Å². The van der Waals surface area contributed by atoms with E-state index in [2.05, 4.69) is 11.1 Å². The smallest absolute Gasteiger partial charge is 0.192 e. The van der Waals surface area contributed by atoms with Gasteiger partial charge in [0, 0.05) is 17.0 Å². The number of hydrogen-bond donors (Lipinski definition) is 1. The predicted octanol–water partition coefficient (Wildman–Crippen LogP) is 2.11. The maximum atomic E-state index is 12.4. The van der Waals surface area contributed by atoms with Gasteiger partial charge in [0.25, 0.3) is 0 Å². The molecular formula is C8H5FN. The fourth-order valence-corrected chi connectivity index (χ4v) is 0.970. The minimum Gasteiger partial charge on any atom is -0.331 e. The van der Waals surface area contributed by atoms with Gasteiger partial charge in [0.05, 0.1) is 0 Å². The zero-order chi connectivity index (χ0) is 6.97. The first kappa shape index (κ1) is 5.47. The lowest BCUT2D eigenvalue weighted by molar-refractivity contribution is 0.595. The molecule has 2 heteroatoms. The Balaban J connectivity index is 2.88. The van der Waals surface area contributed by atoms with Crippen molar-refractivity contribution in [1.29, 1.82) is 0 Å². The van der Waals surface area contributed by atoms with Crippen LogP contribution in [0, 0.1) is 12.0 Å². The van der Waals surface area contributed by atoms with Gasteiger partial charge in [0.2, 0.25) is 0 Å². The molecule has 0 aliphatic rings. The Morgan fingerprint density at radius 3 is 3.20 bits per heavy atom. The number of H-pyrrole nitrogens is 1. The Kier molecular flexibility index (Phi) is 1.01. The summed E-state index contributed by atoms with van der Waals surface area (Å²) in [6.45, 7) is 0. The van der Waals surface area contributed by atoms with Crippen LogP contribution in [0.2, 0.25) is 0 Å². The lowest BCUT2D eigenvalue weighted by Crippen LogP contribution is -1.66. The molecule has 10 heavy (non-hydrogen) atoms. The Morgan fingerprint density at radius 1 is 1.50 bits per heavy atom. The third kappa shape index (κ3) is 0.692. The fraction of sp³-hybridized carbons (Fsp3) is 0. The van der Waals surface area contributed by atoms with E-state index in [-0.39, 0.29) is 5.95 Å². The van der Waals surface area contributed by atoms with Crippen molar-refractivity contribution in [1.82, 2.24) is 4.98 Å². The van der Waals surface area contributed by atoms with Crippen LogP contribution in [0.5, 0.6) is 0 Å². The normalized spacial score (nSPS) is 10.5. The number of halogens is 1. The third-order valence-electron chi connectivity index (χ3n) is 1.41. The number of aromatic amines is 1. The highest BCUT2D eigenvalue weighted by atomic mass is 19.1. The summed E-state index contributed by atoms with van der Waals surface area (Å²) in [7, 11) is 0. The van der Waals surface area contributed by atoms with Crippen LogP contribution in [-0.4, -0.2) is 4.98 Å². The monoisotopic (exact) mass is 134 g/mol. The molecule has 0 spiro atoms. The van der Waals surface area contributed by atoms with Gasteiger partial charge >= 0.3 is 0 Å². The van der Waals surface area contributed by atoms with Gasteiger partial charge in [0.15, 0.2) is 5.95 Å². The first-order chi connectivity index (χ1) is 4.86. The molecule has 1 nitrogen and oxygen atoms in total. The molecule has 0 bridgehead atoms. The molecular weight excluding hydrogens is 129 g/mol. The number of nitrogens with one attached hydrogen (secondary N) is 1. The highest BCUT2D eigenvalue weighted by Crippen LogP contribution is 2.11. The molecule has 1 aromatic carbocycles. The van der Waals surface area contributed by atoms with Gasteiger partial charge in [-0.15, -0.1) is 0 Å². The highest BCUT2D eigenvalue weighted by molar-refractivity contribution is 5.78. The van der Waals surface area contributed by atoms with Crippen molar-refractivity contribution in [2.45, 2.75) is 0 Å². The van der Waals surface area contributed by atoms with Gasteiger partial charge in [-0.05, 0) is 12.1 Å². The van der Waals surface area contributed by atoms with Gasteiger partial charge in [-0.25, -0.2) is 0 Å². The van der Waals surface area contributed by atoms with Gasteiger partial charge in [-0.1, -0.05) is 12.1 Å². The second-order valence-electron chi connectivity index (χ2n) is 2.11. The fourth-order valence-electron chi connectivity index (χ4n) is 0.970. The number of aromatic nitrogens is 1. The van der Waals surface area contributed by atoms with E-state index in [0.717, 1.165) is 10.9 Å². The zero-order valence-electron chi connectivity index (χ0n) is 5.19. The summed E-state index contributed by atoms with van der Waals surface area (Å²) in [5, 5.41) is 0.792. The van der Waals surface area contributed by atoms with Gasteiger partial charge in [0.1, 0.15) is 0 Å². The molecule has 1 heterocycles. The van der Waals surface area contributed by atoms with Crippen LogP contribution < -0.4 is 0 Å². The minimum absolute atomic E-state index is 0.308. The van der Waals surface area contributed by atoms with Crippen molar-refractivity contribution in [3.05, 3.63) is 36.3 Å². The second-order valence-corrected chi connectivity index (χ2v) is 2.11. The molecule has 1 radical (unpaired) electrons. The van der Waals surface area contributed by atoms with Crippen molar-refractivity contribution >= 4 is 10.9 Å². The average Bonchev–Trinajstić information content (AvgIpc) is 2.27. The van der Waals surface area contributed by atoms with Gasteiger partial charge in [-0.3, -0.25) is 0 Å². The van der Waals surface area contributed by atoms with E-state index in [1.807, 2.05) is 12.1 Å². The predicted molar refractivity (Wildman–Crippen MR) is 37.1 cm³/mol. The van der Waals surface area contributed by atoms with E-state index in [0.29, 0.717) is 0 Å². The Labute approximate surface area is 57.5 Å². The third-order valence-corrected chi connectivity index (χ3v) is 1.41. The number of rotatable bonds is 0. The number of benzene rings is 1. The molecule has 0 amide bonds. The highest BCUT2D eigenvalue weighted by Gasteiger charge is 1.95. The molecule has 0 saturated heterocycles. The van der Waals surface area contributed by atoms with Crippen LogP contribution in [-0.2, 0) is 0 Å². The van der Waals surface area contributed by atoms with Crippen molar-refractivity contribution in [3.63, 3.8) is 0 Å². The summed E-state index contributed by atoms with van der Waals surface area (Å²) in [5.41, 5.74) is 0.792. The molecule has 0 aliphatic heterocycles. The van der Waals surface area contributed by atoms with Crippen LogP contribution in [0.4, 0.5) is 4.39 Å². The summed E-state index contributed by atoms with van der Waals surface area (Å²) in [4.78, 5) is 2.56. The Morgan fingerprint density at radius 2 is 2.40 bits per heavy atom. The molecule has 0 saturated carbocycles. The molecule has 0 fully saturated rings. The average molecular weight is 134 g/mol. The molecule has 2 aromatic rings. The van der Waals surface area contributed by atoms with Gasteiger partial charge < -0.3 is 4.98 Å². The lowest BCUT2D eigenvalue weighted by Gasteiger charge is -1.82. The lowest BCUT2D eigenvalue weighted by atomic mass is 10.3. The summed E-state index contributed by atoms with van der Waals surface area (Å²) in [6, 6.07) is 9.72. The summed E-state index contributed by atoms with van der Waals surface area (Å²) in [6.07, 6.45) is 0. The van der Waals surface area contributed by atoms with Crippen molar-refractivity contribution in [2.75, 3.05) is 0 Å². The second kappa shape index (κ2) is 1.84. The van der Waals surface area contributed by atoms with E-state index in [1.165, 1.54) is 6.07 Å². The van der Waals surface area contributed by atoms with Crippen molar-refractivity contribution in [2.24, 2.45) is 0 Å². The van der Waals surface area contributed by atoms with Crippen molar-refractivity contribution < 1.29 is 4.39 Å². The standard InChI is InChI=1S/C8H5FN/c9-8-5-6-3-1-2-4-7(6)10-8/h1-2,4-5,10H.